The zero-order chi connectivity index (χ0) is 14.7. The molecule has 1 unspecified atom stereocenters. The molecule has 2 amide bonds. The van der Waals surface area contributed by atoms with Gasteiger partial charge in [0.05, 0.1) is 24.5 Å². The number of carbonyl (C=O) groups is 1. The molecule has 0 fully saturated rings. The first-order valence-corrected chi connectivity index (χ1v) is 6.49. The van der Waals surface area contributed by atoms with Gasteiger partial charge in [0.1, 0.15) is 11.4 Å². The van der Waals surface area contributed by atoms with Crippen LogP contribution in [0.3, 0.4) is 0 Å². The number of hydrogen-bond acceptors (Lipinski definition) is 4. The minimum absolute atomic E-state index is 0.219. The standard InChI is InChI=1S/C14H13FN4O2/c15-12-4-3-9(8-17-12)18-14(20)19-10-5-7-21-11-2-1-6-16-13(10)11/h1-4,6,8,10H,5,7H2,(H2,18,19,20). The Morgan fingerprint density at radius 1 is 1.33 bits per heavy atom. The van der Waals surface area contributed by atoms with Crippen molar-refractivity contribution in [3.63, 3.8) is 0 Å². The fourth-order valence-corrected chi connectivity index (χ4v) is 2.13. The summed E-state index contributed by atoms with van der Waals surface area (Å²) in [5.74, 6) is 0.0843. The Bertz CT molecular complexity index is 648. The predicted molar refractivity (Wildman–Crippen MR) is 73.4 cm³/mol. The van der Waals surface area contributed by atoms with E-state index in [1.807, 2.05) is 6.07 Å². The van der Waals surface area contributed by atoms with Crippen molar-refractivity contribution in [2.24, 2.45) is 0 Å². The summed E-state index contributed by atoms with van der Waals surface area (Å²) in [7, 11) is 0. The van der Waals surface area contributed by atoms with E-state index in [9.17, 15) is 9.18 Å². The number of nitrogens with zero attached hydrogens (tertiary/aromatic N) is 2. The molecule has 21 heavy (non-hydrogen) atoms. The van der Waals surface area contributed by atoms with Crippen molar-refractivity contribution in [3.05, 3.63) is 48.3 Å². The zero-order valence-electron chi connectivity index (χ0n) is 11.0. The minimum atomic E-state index is -0.594. The molecule has 0 aliphatic carbocycles. The van der Waals surface area contributed by atoms with Crippen molar-refractivity contribution in [3.8, 4) is 5.75 Å². The summed E-state index contributed by atoms with van der Waals surface area (Å²) in [6.07, 6.45) is 3.55. The first-order chi connectivity index (χ1) is 10.2. The molecule has 0 radical (unpaired) electrons. The molecule has 0 spiro atoms. The SMILES string of the molecule is O=C(Nc1ccc(F)nc1)NC1CCOc2cccnc21. The molecule has 0 aromatic carbocycles. The van der Waals surface area contributed by atoms with Crippen LogP contribution in [0.1, 0.15) is 18.2 Å². The monoisotopic (exact) mass is 288 g/mol. The van der Waals surface area contributed by atoms with Gasteiger partial charge in [0.25, 0.3) is 0 Å². The molecule has 3 rings (SSSR count). The molecule has 0 bridgehead atoms. The fraction of sp³-hybridized carbons (Fsp3) is 0.214. The molecule has 7 heteroatoms. The normalized spacial score (nSPS) is 16.5. The molecule has 1 aliphatic rings. The zero-order valence-corrected chi connectivity index (χ0v) is 11.0. The first-order valence-electron chi connectivity index (χ1n) is 6.49. The van der Waals surface area contributed by atoms with Gasteiger partial charge in [0.15, 0.2) is 0 Å². The van der Waals surface area contributed by atoms with Crippen molar-refractivity contribution in [1.29, 1.82) is 0 Å². The Morgan fingerprint density at radius 3 is 3.05 bits per heavy atom. The van der Waals surface area contributed by atoms with Gasteiger partial charge in [-0.15, -0.1) is 0 Å². The Kier molecular flexibility index (Phi) is 3.63. The summed E-state index contributed by atoms with van der Waals surface area (Å²) in [5, 5.41) is 5.42. The largest absolute Gasteiger partial charge is 0.491 e. The van der Waals surface area contributed by atoms with E-state index in [0.29, 0.717) is 30.2 Å². The highest BCUT2D eigenvalue weighted by Crippen LogP contribution is 2.29. The van der Waals surface area contributed by atoms with Gasteiger partial charge in [-0.25, -0.2) is 9.78 Å². The highest BCUT2D eigenvalue weighted by molar-refractivity contribution is 5.89. The number of ether oxygens (including phenoxy) is 1. The summed E-state index contributed by atoms with van der Waals surface area (Å²) >= 11 is 0. The molecule has 0 saturated heterocycles. The van der Waals surface area contributed by atoms with E-state index in [2.05, 4.69) is 20.6 Å². The summed E-state index contributed by atoms with van der Waals surface area (Å²) < 4.78 is 18.2. The molecule has 3 heterocycles. The van der Waals surface area contributed by atoms with E-state index in [0.717, 1.165) is 0 Å². The number of halogens is 1. The second-order valence-electron chi connectivity index (χ2n) is 4.54. The Balaban J connectivity index is 1.67. The summed E-state index contributed by atoms with van der Waals surface area (Å²) in [4.78, 5) is 19.7. The molecule has 2 aromatic heterocycles. The van der Waals surface area contributed by atoms with Crippen molar-refractivity contribution in [2.45, 2.75) is 12.5 Å². The average molecular weight is 288 g/mol. The summed E-state index contributed by atoms with van der Waals surface area (Å²) in [6, 6.07) is 5.61. The molecule has 108 valence electrons. The average Bonchev–Trinajstić information content (AvgIpc) is 2.50. The predicted octanol–water partition coefficient (Wildman–Crippen LogP) is 2.26. The molecule has 0 saturated carbocycles. The van der Waals surface area contributed by atoms with Crippen molar-refractivity contribution in [2.75, 3.05) is 11.9 Å². The van der Waals surface area contributed by atoms with Gasteiger partial charge >= 0.3 is 6.03 Å². The van der Waals surface area contributed by atoms with Gasteiger partial charge in [0.2, 0.25) is 5.95 Å². The summed E-state index contributed by atoms with van der Waals surface area (Å²) in [6.45, 7) is 0.516. The third-order valence-corrected chi connectivity index (χ3v) is 3.08. The molecular weight excluding hydrogens is 275 g/mol. The smallest absolute Gasteiger partial charge is 0.319 e. The van der Waals surface area contributed by atoms with Crippen LogP contribution in [0, 0.1) is 5.95 Å². The fourth-order valence-electron chi connectivity index (χ4n) is 2.13. The lowest BCUT2D eigenvalue weighted by Gasteiger charge is -2.25. The van der Waals surface area contributed by atoms with Crippen LogP contribution in [0.2, 0.25) is 0 Å². The second kappa shape index (κ2) is 5.74. The van der Waals surface area contributed by atoms with Gasteiger partial charge < -0.3 is 15.4 Å². The van der Waals surface area contributed by atoms with Gasteiger partial charge in [0, 0.05) is 12.6 Å². The highest BCUT2D eigenvalue weighted by atomic mass is 19.1. The van der Waals surface area contributed by atoms with Gasteiger partial charge in [-0.05, 0) is 24.3 Å². The van der Waals surface area contributed by atoms with Crippen LogP contribution in [-0.2, 0) is 0 Å². The molecule has 6 nitrogen and oxygen atoms in total. The first kappa shape index (κ1) is 13.3. The number of nitrogens with one attached hydrogen (secondary N) is 2. The van der Waals surface area contributed by atoms with Gasteiger partial charge in [-0.1, -0.05) is 0 Å². The van der Waals surface area contributed by atoms with E-state index >= 15 is 0 Å². The summed E-state index contributed by atoms with van der Waals surface area (Å²) in [5.41, 5.74) is 1.12. The second-order valence-corrected chi connectivity index (χ2v) is 4.54. The lowest BCUT2D eigenvalue weighted by molar-refractivity contribution is 0.230. The molecule has 2 N–H and O–H groups in total. The maximum Gasteiger partial charge on any atom is 0.319 e. The Labute approximate surface area is 120 Å². The quantitative estimate of drug-likeness (QED) is 0.831. The van der Waals surface area contributed by atoms with E-state index in [-0.39, 0.29) is 6.04 Å². The number of urea groups is 1. The number of amides is 2. The maximum absolute atomic E-state index is 12.7. The number of pyridine rings is 2. The molecular formula is C14H13FN4O2. The van der Waals surface area contributed by atoms with E-state index in [4.69, 9.17) is 4.74 Å². The van der Waals surface area contributed by atoms with Crippen LogP contribution in [0.25, 0.3) is 0 Å². The van der Waals surface area contributed by atoms with E-state index in [1.165, 1.54) is 18.3 Å². The number of fused-ring (bicyclic) bond motifs is 1. The van der Waals surface area contributed by atoms with Crippen LogP contribution in [0.15, 0.2) is 36.7 Å². The third kappa shape index (κ3) is 3.07. The van der Waals surface area contributed by atoms with E-state index in [1.54, 1.807) is 12.3 Å². The van der Waals surface area contributed by atoms with Crippen LogP contribution in [0.4, 0.5) is 14.9 Å². The number of aromatic nitrogens is 2. The minimum Gasteiger partial charge on any atom is -0.491 e. The van der Waals surface area contributed by atoms with Crippen LogP contribution in [0.5, 0.6) is 5.75 Å². The number of hydrogen-bond donors (Lipinski definition) is 2. The van der Waals surface area contributed by atoms with Crippen molar-refractivity contribution in [1.82, 2.24) is 15.3 Å². The lowest BCUT2D eigenvalue weighted by Crippen LogP contribution is -2.35. The lowest BCUT2D eigenvalue weighted by atomic mass is 10.1. The van der Waals surface area contributed by atoms with Crippen LogP contribution in [-0.4, -0.2) is 22.6 Å². The number of rotatable bonds is 2. The van der Waals surface area contributed by atoms with Crippen molar-refractivity contribution >= 4 is 11.7 Å². The number of anilines is 1. The van der Waals surface area contributed by atoms with Gasteiger partial charge in [-0.3, -0.25) is 4.98 Å². The van der Waals surface area contributed by atoms with Gasteiger partial charge in [-0.2, -0.15) is 4.39 Å². The molecule has 2 aromatic rings. The third-order valence-electron chi connectivity index (χ3n) is 3.08. The Morgan fingerprint density at radius 2 is 2.24 bits per heavy atom. The van der Waals surface area contributed by atoms with E-state index < -0.39 is 12.0 Å². The molecule has 1 atom stereocenters. The highest BCUT2D eigenvalue weighted by Gasteiger charge is 2.24. The van der Waals surface area contributed by atoms with Crippen LogP contribution < -0.4 is 15.4 Å². The molecule has 1 aliphatic heterocycles. The Hall–Kier alpha value is -2.70. The van der Waals surface area contributed by atoms with Crippen LogP contribution >= 0.6 is 0 Å². The maximum atomic E-state index is 12.7. The topological polar surface area (TPSA) is 76.1 Å². The van der Waals surface area contributed by atoms with Crippen molar-refractivity contribution < 1.29 is 13.9 Å². The number of carbonyl (C=O) groups excluding carboxylic acids is 1.